The fourth-order valence-electron chi connectivity index (χ4n) is 0. The van der Waals surface area contributed by atoms with Crippen LogP contribution in [-0.2, 0) is 0 Å². The minimum Gasteiger partial charge on any atom is -0.358 e. The summed E-state index contributed by atoms with van der Waals surface area (Å²) >= 11 is 0. The van der Waals surface area contributed by atoms with Crippen molar-refractivity contribution in [1.29, 1.82) is 0 Å². The standard InChI is InChI=1S/2C2H6.2CH3.2K/c2*1-2;;;;/h2*1-2H3;2*1H3;;/q;;2*-1;2*+1. The number of rotatable bonds is 0. The first-order valence-corrected chi connectivity index (χ1v) is 2.00. The molecule has 0 heterocycles. The van der Waals surface area contributed by atoms with Gasteiger partial charge in [0.2, 0.25) is 0 Å². The topological polar surface area (TPSA) is 0 Å². The van der Waals surface area contributed by atoms with Gasteiger partial charge in [-0.25, -0.2) is 0 Å². The molecule has 0 fully saturated rings. The monoisotopic (exact) mass is 168 g/mol. The van der Waals surface area contributed by atoms with Crippen molar-refractivity contribution < 1.29 is 103 Å². The van der Waals surface area contributed by atoms with E-state index in [4.69, 9.17) is 0 Å². The fourth-order valence-corrected chi connectivity index (χ4v) is 0. The molecule has 0 aliphatic carbocycles. The zero-order valence-corrected chi connectivity index (χ0v) is 14.2. The second-order valence-electron chi connectivity index (χ2n) is 0. The summed E-state index contributed by atoms with van der Waals surface area (Å²) in [4.78, 5) is 0. The molecule has 2 heteroatoms. The van der Waals surface area contributed by atoms with Gasteiger partial charge in [-0.1, -0.05) is 27.7 Å². The number of hydrogen-bond donors (Lipinski definition) is 0. The van der Waals surface area contributed by atoms with Crippen molar-refractivity contribution in [3.63, 3.8) is 0 Å². The summed E-state index contributed by atoms with van der Waals surface area (Å²) in [6, 6.07) is 0. The molecule has 0 rings (SSSR count). The second-order valence-corrected chi connectivity index (χ2v) is 0. The maximum absolute atomic E-state index is 2.00. The van der Waals surface area contributed by atoms with Crippen LogP contribution in [0.5, 0.6) is 0 Å². The predicted molar refractivity (Wildman–Crippen MR) is 35.5 cm³/mol. The molecule has 0 aliphatic heterocycles. The molecule has 0 aliphatic rings. The first kappa shape index (κ1) is 42.8. The molecule has 0 saturated heterocycles. The predicted octanol–water partition coefficient (Wildman–Crippen LogP) is -3.04. The van der Waals surface area contributed by atoms with Crippen molar-refractivity contribution >= 4 is 0 Å². The Labute approximate surface area is 141 Å². The van der Waals surface area contributed by atoms with Gasteiger partial charge in [0.25, 0.3) is 0 Å². The van der Waals surface area contributed by atoms with Crippen molar-refractivity contribution in [3.05, 3.63) is 14.9 Å². The van der Waals surface area contributed by atoms with Gasteiger partial charge in [-0.15, -0.1) is 0 Å². The first-order chi connectivity index (χ1) is 2.00. The molecule has 0 atom stereocenters. The minimum atomic E-state index is 0. The SMILES string of the molecule is CC.CC.[CH3-].[CH3-].[K+].[K+]. The van der Waals surface area contributed by atoms with Crippen molar-refractivity contribution in [2.75, 3.05) is 0 Å². The van der Waals surface area contributed by atoms with Crippen molar-refractivity contribution in [2.24, 2.45) is 0 Å². The van der Waals surface area contributed by atoms with Gasteiger partial charge in [-0.2, -0.15) is 0 Å². The zero-order chi connectivity index (χ0) is 4.00. The van der Waals surface area contributed by atoms with Crippen molar-refractivity contribution in [1.82, 2.24) is 0 Å². The Kier molecular flexibility index (Phi) is 441. The first-order valence-electron chi connectivity index (χ1n) is 2.00. The van der Waals surface area contributed by atoms with Crippen LogP contribution in [0.15, 0.2) is 0 Å². The third-order valence-electron chi connectivity index (χ3n) is 0. The van der Waals surface area contributed by atoms with Gasteiger partial charge in [0.15, 0.2) is 0 Å². The van der Waals surface area contributed by atoms with E-state index in [1.54, 1.807) is 0 Å². The summed E-state index contributed by atoms with van der Waals surface area (Å²) < 4.78 is 0. The normalized spacial score (nSPS) is 1.50. The van der Waals surface area contributed by atoms with Crippen LogP contribution >= 0.6 is 0 Å². The third-order valence-corrected chi connectivity index (χ3v) is 0. The van der Waals surface area contributed by atoms with Crippen molar-refractivity contribution in [3.8, 4) is 0 Å². The Morgan fingerprint density at radius 3 is 0.500 bits per heavy atom. The summed E-state index contributed by atoms with van der Waals surface area (Å²) in [5.41, 5.74) is 0. The molecule has 0 nitrogen and oxygen atoms in total. The summed E-state index contributed by atoms with van der Waals surface area (Å²) in [7, 11) is 0. The van der Waals surface area contributed by atoms with Gasteiger partial charge in [0.05, 0.1) is 0 Å². The van der Waals surface area contributed by atoms with E-state index in [1.165, 1.54) is 0 Å². The van der Waals surface area contributed by atoms with Gasteiger partial charge < -0.3 is 14.9 Å². The average molecular weight is 168 g/mol. The van der Waals surface area contributed by atoms with E-state index in [9.17, 15) is 0 Å². The summed E-state index contributed by atoms with van der Waals surface area (Å²) in [5, 5.41) is 0. The molecule has 0 radical (unpaired) electrons. The molecule has 0 saturated carbocycles. The van der Waals surface area contributed by atoms with Crippen LogP contribution in [0.3, 0.4) is 0 Å². The van der Waals surface area contributed by atoms with E-state index in [0.717, 1.165) is 0 Å². The quantitative estimate of drug-likeness (QED) is 0.267. The Morgan fingerprint density at radius 1 is 0.500 bits per heavy atom. The molecule has 0 N–H and O–H groups in total. The van der Waals surface area contributed by atoms with Crippen LogP contribution in [-0.4, -0.2) is 0 Å². The van der Waals surface area contributed by atoms with Gasteiger partial charge >= 0.3 is 103 Å². The summed E-state index contributed by atoms with van der Waals surface area (Å²) in [5.74, 6) is 0. The zero-order valence-electron chi connectivity index (χ0n) is 8.00. The summed E-state index contributed by atoms with van der Waals surface area (Å²) in [6.45, 7) is 8.00. The van der Waals surface area contributed by atoms with Crippen LogP contribution in [0.1, 0.15) is 27.7 Å². The van der Waals surface area contributed by atoms with Crippen LogP contribution in [0.2, 0.25) is 0 Å². The smallest absolute Gasteiger partial charge is 0.358 e. The van der Waals surface area contributed by atoms with Gasteiger partial charge in [-0.05, 0) is 0 Å². The van der Waals surface area contributed by atoms with E-state index in [0.29, 0.717) is 0 Å². The molecule has 8 heavy (non-hydrogen) atoms. The molecule has 0 spiro atoms. The summed E-state index contributed by atoms with van der Waals surface area (Å²) in [6.07, 6.45) is 0. The fraction of sp³-hybridized carbons (Fsp3) is 0.667. The molecule has 0 bridgehead atoms. The molecule has 0 amide bonds. The van der Waals surface area contributed by atoms with Gasteiger partial charge in [0, 0.05) is 0 Å². The van der Waals surface area contributed by atoms with Gasteiger partial charge in [0.1, 0.15) is 0 Å². The maximum atomic E-state index is 2.00. The molecule has 44 valence electrons. The van der Waals surface area contributed by atoms with E-state index in [-0.39, 0.29) is 118 Å². The Morgan fingerprint density at radius 2 is 0.500 bits per heavy atom. The second kappa shape index (κ2) is 82.5. The Hall–Kier alpha value is 3.27. The van der Waals surface area contributed by atoms with E-state index in [2.05, 4.69) is 0 Å². The molecule has 0 aromatic carbocycles. The van der Waals surface area contributed by atoms with Crippen LogP contribution in [0.25, 0.3) is 0 Å². The maximum Gasteiger partial charge on any atom is 1.00 e. The van der Waals surface area contributed by atoms with E-state index in [1.807, 2.05) is 27.7 Å². The molecular formula is C6H18K2. The van der Waals surface area contributed by atoms with Gasteiger partial charge in [-0.3, -0.25) is 0 Å². The molecular weight excluding hydrogens is 150 g/mol. The molecule has 0 aromatic heterocycles. The molecule has 0 unspecified atom stereocenters. The minimum absolute atomic E-state index is 0. The Balaban J connectivity index is -0.00000000167. The largest absolute Gasteiger partial charge is 1.00 e. The average Bonchev–Trinajstić information content (AvgIpc) is 1.50. The van der Waals surface area contributed by atoms with Crippen LogP contribution in [0, 0.1) is 14.9 Å². The molecule has 0 aromatic rings. The van der Waals surface area contributed by atoms with E-state index >= 15 is 0 Å². The van der Waals surface area contributed by atoms with Crippen LogP contribution in [0.4, 0.5) is 0 Å². The Bertz CT molecular complexity index is 6.49. The van der Waals surface area contributed by atoms with Crippen molar-refractivity contribution in [2.45, 2.75) is 27.7 Å². The third kappa shape index (κ3) is 59.2. The van der Waals surface area contributed by atoms with E-state index < -0.39 is 0 Å². The number of hydrogen-bond acceptors (Lipinski definition) is 0. The van der Waals surface area contributed by atoms with Crippen LogP contribution < -0.4 is 103 Å².